The second kappa shape index (κ2) is 6.01. The summed E-state index contributed by atoms with van der Waals surface area (Å²) < 4.78 is 14.5. The van der Waals surface area contributed by atoms with Crippen LogP contribution in [0.2, 0.25) is 0 Å². The molecule has 2 rings (SSSR count). The minimum absolute atomic E-state index is 0.117. The van der Waals surface area contributed by atoms with Crippen molar-refractivity contribution in [3.05, 3.63) is 45.7 Å². The highest BCUT2D eigenvalue weighted by Crippen LogP contribution is 2.25. The molecule has 1 aliphatic rings. The molecule has 0 aliphatic heterocycles. The van der Waals surface area contributed by atoms with E-state index >= 15 is 0 Å². The van der Waals surface area contributed by atoms with Gasteiger partial charge in [-0.25, -0.2) is 4.39 Å². The second-order valence-corrected chi connectivity index (χ2v) is 5.98. The summed E-state index contributed by atoms with van der Waals surface area (Å²) in [6.45, 7) is 0. The second-order valence-electron chi connectivity index (χ2n) is 4.50. The van der Waals surface area contributed by atoms with E-state index in [4.69, 9.17) is 11.6 Å². The average molecular weight is 318 g/mol. The molecule has 0 fully saturated rings. The molecule has 0 nitrogen and oxygen atoms in total. The van der Waals surface area contributed by atoms with Crippen LogP contribution in [0.25, 0.3) is 0 Å². The average Bonchev–Trinajstić information content (AvgIpc) is 2.47. The van der Waals surface area contributed by atoms with Crippen molar-refractivity contribution in [3.8, 4) is 0 Å². The predicted molar refractivity (Wildman–Crippen MR) is 74.0 cm³/mol. The molecule has 0 heterocycles. The van der Waals surface area contributed by atoms with Crippen molar-refractivity contribution < 1.29 is 4.39 Å². The Kier molecular flexibility index (Phi) is 4.63. The van der Waals surface area contributed by atoms with Crippen LogP contribution < -0.4 is 0 Å². The quantitative estimate of drug-likeness (QED) is 0.517. The molecule has 3 heteroatoms. The van der Waals surface area contributed by atoms with Crippen molar-refractivity contribution in [2.45, 2.75) is 37.5 Å². The maximum Gasteiger partial charge on any atom is 0.127 e. The van der Waals surface area contributed by atoms with Crippen LogP contribution in [0.1, 0.15) is 31.2 Å². The molecule has 1 aromatic rings. The Balaban J connectivity index is 2.14. The minimum atomic E-state index is -0.143. The molecule has 1 atom stereocenters. The van der Waals surface area contributed by atoms with E-state index in [0.29, 0.717) is 6.42 Å². The highest BCUT2D eigenvalue weighted by atomic mass is 79.9. The highest BCUT2D eigenvalue weighted by molar-refractivity contribution is 9.10. The lowest BCUT2D eigenvalue weighted by Gasteiger charge is -2.07. The minimum Gasteiger partial charge on any atom is -0.207 e. The van der Waals surface area contributed by atoms with Gasteiger partial charge in [0.1, 0.15) is 5.82 Å². The van der Waals surface area contributed by atoms with Gasteiger partial charge in [0, 0.05) is 4.47 Å². The van der Waals surface area contributed by atoms with Gasteiger partial charge < -0.3 is 0 Å². The molecule has 0 spiro atoms. The third-order valence-corrected chi connectivity index (χ3v) is 3.91. The van der Waals surface area contributed by atoms with Gasteiger partial charge in [-0.15, -0.1) is 11.6 Å². The van der Waals surface area contributed by atoms with Crippen molar-refractivity contribution >= 4 is 27.5 Å². The van der Waals surface area contributed by atoms with E-state index in [1.165, 1.54) is 11.6 Å². The van der Waals surface area contributed by atoms with Crippen LogP contribution in [-0.2, 0) is 6.42 Å². The lowest BCUT2D eigenvalue weighted by molar-refractivity contribution is 0.610. The van der Waals surface area contributed by atoms with Gasteiger partial charge in [-0.05, 0) is 43.4 Å². The smallest absolute Gasteiger partial charge is 0.127 e. The van der Waals surface area contributed by atoms with E-state index in [-0.39, 0.29) is 11.2 Å². The molecule has 0 saturated carbocycles. The number of benzene rings is 1. The summed E-state index contributed by atoms with van der Waals surface area (Å²) in [7, 11) is 0. The lowest BCUT2D eigenvalue weighted by Crippen LogP contribution is -1.97. The molecular weight excluding hydrogens is 303 g/mol. The monoisotopic (exact) mass is 316 g/mol. The fourth-order valence-corrected chi connectivity index (χ4v) is 2.84. The van der Waals surface area contributed by atoms with Gasteiger partial charge in [0.05, 0.1) is 5.38 Å². The number of rotatable bonds is 2. The van der Waals surface area contributed by atoms with Gasteiger partial charge in [0.25, 0.3) is 0 Å². The lowest BCUT2D eigenvalue weighted by atomic mass is 10.0. The van der Waals surface area contributed by atoms with E-state index in [9.17, 15) is 4.39 Å². The zero-order valence-electron chi connectivity index (χ0n) is 9.56. The van der Waals surface area contributed by atoms with Crippen molar-refractivity contribution in [1.82, 2.24) is 0 Å². The first-order valence-electron chi connectivity index (χ1n) is 5.93. The zero-order chi connectivity index (χ0) is 12.3. The van der Waals surface area contributed by atoms with E-state index < -0.39 is 0 Å². The van der Waals surface area contributed by atoms with E-state index in [0.717, 1.165) is 35.7 Å². The summed E-state index contributed by atoms with van der Waals surface area (Å²) in [6, 6.07) is 5.24. The molecule has 0 amide bonds. The Hall–Kier alpha value is -0.340. The van der Waals surface area contributed by atoms with Gasteiger partial charge in [0.15, 0.2) is 0 Å². The van der Waals surface area contributed by atoms with Crippen molar-refractivity contribution in [1.29, 1.82) is 0 Å². The Morgan fingerprint density at radius 2 is 2.18 bits per heavy atom. The number of alkyl halides is 1. The van der Waals surface area contributed by atoms with Crippen molar-refractivity contribution in [2.24, 2.45) is 0 Å². The van der Waals surface area contributed by atoms with Crippen LogP contribution in [0.5, 0.6) is 0 Å². The summed E-state index contributed by atoms with van der Waals surface area (Å²) in [5, 5.41) is 0.117. The molecule has 0 bridgehead atoms. The van der Waals surface area contributed by atoms with Gasteiger partial charge in [-0.2, -0.15) is 0 Å². The van der Waals surface area contributed by atoms with E-state index in [1.807, 2.05) is 12.1 Å². The van der Waals surface area contributed by atoms with Crippen LogP contribution in [-0.4, -0.2) is 5.38 Å². The fourth-order valence-electron chi connectivity index (χ4n) is 2.17. The normalized spacial score (nSPS) is 20.9. The maximum atomic E-state index is 13.7. The molecule has 17 heavy (non-hydrogen) atoms. The Morgan fingerprint density at radius 1 is 1.35 bits per heavy atom. The first-order chi connectivity index (χ1) is 8.15. The first kappa shape index (κ1) is 13.1. The zero-order valence-corrected chi connectivity index (χ0v) is 11.9. The van der Waals surface area contributed by atoms with Gasteiger partial charge in [-0.1, -0.05) is 40.1 Å². The summed E-state index contributed by atoms with van der Waals surface area (Å²) in [5.41, 5.74) is 2.02. The summed E-state index contributed by atoms with van der Waals surface area (Å²) in [5.74, 6) is -0.143. The topological polar surface area (TPSA) is 0 Å². The van der Waals surface area contributed by atoms with Crippen LogP contribution in [0.15, 0.2) is 34.3 Å². The highest BCUT2D eigenvalue weighted by Gasteiger charge is 2.11. The van der Waals surface area contributed by atoms with Crippen molar-refractivity contribution in [2.75, 3.05) is 0 Å². The standard InChI is InChI=1S/C14H15BrClF/c15-12-6-5-11(14(17)9-12)7-10-3-1-2-4-13(16)8-10/h5-6,8-9,13H,1-4,7H2. The van der Waals surface area contributed by atoms with Crippen LogP contribution in [0.3, 0.4) is 0 Å². The van der Waals surface area contributed by atoms with Crippen LogP contribution in [0, 0.1) is 5.82 Å². The predicted octanol–water partition coefficient (Wildman–Crippen LogP) is 5.24. The summed E-state index contributed by atoms with van der Waals surface area (Å²) in [6.07, 6.45) is 7.19. The number of hydrogen-bond donors (Lipinski definition) is 0. The molecular formula is C14H15BrClF. The molecule has 0 N–H and O–H groups in total. The third-order valence-electron chi connectivity index (χ3n) is 3.08. The molecule has 0 radical (unpaired) electrons. The van der Waals surface area contributed by atoms with Gasteiger partial charge in [-0.3, -0.25) is 0 Å². The first-order valence-corrected chi connectivity index (χ1v) is 7.15. The van der Waals surface area contributed by atoms with E-state index in [1.54, 1.807) is 0 Å². The molecule has 92 valence electrons. The van der Waals surface area contributed by atoms with Crippen molar-refractivity contribution in [3.63, 3.8) is 0 Å². The molecule has 0 aromatic heterocycles. The SMILES string of the molecule is Fc1cc(Br)ccc1CC1=CC(Cl)CCCC1. The largest absolute Gasteiger partial charge is 0.207 e. The van der Waals surface area contributed by atoms with Gasteiger partial charge in [0.2, 0.25) is 0 Å². The molecule has 1 aliphatic carbocycles. The molecule has 1 aromatic carbocycles. The maximum absolute atomic E-state index is 13.7. The number of hydrogen-bond acceptors (Lipinski definition) is 0. The van der Waals surface area contributed by atoms with Crippen LogP contribution in [0.4, 0.5) is 4.39 Å². The number of allylic oxidation sites excluding steroid dienone is 2. The van der Waals surface area contributed by atoms with Crippen LogP contribution >= 0.6 is 27.5 Å². The summed E-state index contributed by atoms with van der Waals surface area (Å²) in [4.78, 5) is 0. The third kappa shape index (κ3) is 3.82. The fraction of sp³-hybridized carbons (Fsp3) is 0.429. The molecule has 1 unspecified atom stereocenters. The Labute approximate surface area is 115 Å². The van der Waals surface area contributed by atoms with E-state index in [2.05, 4.69) is 22.0 Å². The Bertz CT molecular complexity index is 428. The van der Waals surface area contributed by atoms with Gasteiger partial charge >= 0.3 is 0 Å². The summed E-state index contributed by atoms with van der Waals surface area (Å²) >= 11 is 9.44. The molecule has 0 saturated heterocycles. The number of halogens is 3. The Morgan fingerprint density at radius 3 is 2.94 bits per heavy atom.